The summed E-state index contributed by atoms with van der Waals surface area (Å²) in [5.41, 5.74) is 1.08. The van der Waals surface area contributed by atoms with Gasteiger partial charge in [0.15, 0.2) is 0 Å². The Hall–Kier alpha value is -2.50. The van der Waals surface area contributed by atoms with Crippen molar-refractivity contribution in [2.24, 2.45) is 5.92 Å². The molecular weight excluding hydrogens is 318 g/mol. The molecule has 2 aromatic rings. The summed E-state index contributed by atoms with van der Waals surface area (Å²) in [6.07, 6.45) is 6.55. The van der Waals surface area contributed by atoms with Crippen molar-refractivity contribution in [3.8, 4) is 11.5 Å². The molecule has 132 valence electrons. The maximum Gasteiger partial charge on any atom is 0.229 e. The number of aromatic nitrogens is 2. The number of carbonyl (C=O) groups is 1. The van der Waals surface area contributed by atoms with E-state index in [4.69, 9.17) is 9.47 Å². The molecule has 0 unspecified atom stereocenters. The molecule has 0 radical (unpaired) electrons. The van der Waals surface area contributed by atoms with E-state index in [-0.39, 0.29) is 17.9 Å². The van der Waals surface area contributed by atoms with E-state index in [1.807, 2.05) is 40.0 Å². The minimum atomic E-state index is -0.112. The number of benzene rings is 1. The average Bonchev–Trinajstić information content (AvgIpc) is 3.32. The van der Waals surface area contributed by atoms with Crippen molar-refractivity contribution >= 4 is 5.91 Å². The van der Waals surface area contributed by atoms with E-state index in [1.165, 1.54) is 0 Å². The van der Waals surface area contributed by atoms with Crippen LogP contribution in [0.15, 0.2) is 36.7 Å². The summed E-state index contributed by atoms with van der Waals surface area (Å²) in [4.78, 5) is 15.1. The predicted molar refractivity (Wildman–Crippen MR) is 92.6 cm³/mol. The first-order chi connectivity index (χ1) is 12.2. The van der Waals surface area contributed by atoms with Gasteiger partial charge in [-0.05, 0) is 37.0 Å². The van der Waals surface area contributed by atoms with Gasteiger partial charge in [0, 0.05) is 25.0 Å². The molecule has 6 heteroatoms. The molecule has 0 saturated carbocycles. The number of hydrogen-bond acceptors (Lipinski definition) is 4. The lowest BCUT2D eigenvalue weighted by molar-refractivity contribution is -0.138. The van der Waals surface area contributed by atoms with Crippen LogP contribution in [0.5, 0.6) is 11.5 Å². The van der Waals surface area contributed by atoms with Crippen LogP contribution in [0, 0.1) is 5.92 Å². The van der Waals surface area contributed by atoms with E-state index in [0.717, 1.165) is 49.4 Å². The third kappa shape index (κ3) is 3.21. The van der Waals surface area contributed by atoms with Crippen molar-refractivity contribution < 1.29 is 14.3 Å². The minimum Gasteiger partial charge on any atom is -0.497 e. The lowest BCUT2D eigenvalue weighted by atomic mass is 9.95. The Labute approximate surface area is 147 Å². The van der Waals surface area contributed by atoms with E-state index in [0.29, 0.717) is 6.61 Å². The van der Waals surface area contributed by atoms with Gasteiger partial charge in [-0.25, -0.2) is 0 Å². The zero-order valence-corrected chi connectivity index (χ0v) is 14.4. The van der Waals surface area contributed by atoms with Crippen LogP contribution >= 0.6 is 0 Å². The van der Waals surface area contributed by atoms with Crippen LogP contribution in [0.1, 0.15) is 18.4 Å². The van der Waals surface area contributed by atoms with Crippen LogP contribution in [0.2, 0.25) is 0 Å². The number of likely N-dealkylation sites (tertiary alicyclic amines) is 1. The molecule has 4 rings (SSSR count). The predicted octanol–water partition coefficient (Wildman–Crippen LogP) is 2.13. The Morgan fingerprint density at radius 2 is 2.36 bits per heavy atom. The number of methoxy groups -OCH3 is 1. The fraction of sp³-hybridized carbons (Fsp3) is 0.474. The number of carbonyl (C=O) groups excluding carboxylic acids is 1. The van der Waals surface area contributed by atoms with Gasteiger partial charge in [0.25, 0.3) is 0 Å². The van der Waals surface area contributed by atoms with Crippen molar-refractivity contribution in [2.75, 3.05) is 20.3 Å². The second-order valence-corrected chi connectivity index (χ2v) is 6.74. The number of rotatable bonds is 4. The molecule has 0 aliphatic carbocycles. The summed E-state index contributed by atoms with van der Waals surface area (Å²) in [5, 5.41) is 4.27. The Morgan fingerprint density at radius 3 is 3.16 bits per heavy atom. The summed E-state index contributed by atoms with van der Waals surface area (Å²) in [6, 6.07) is 7.96. The second kappa shape index (κ2) is 6.78. The van der Waals surface area contributed by atoms with Gasteiger partial charge in [-0.2, -0.15) is 5.10 Å². The first kappa shape index (κ1) is 16.0. The van der Waals surface area contributed by atoms with E-state index < -0.39 is 0 Å². The van der Waals surface area contributed by atoms with Gasteiger partial charge in [-0.15, -0.1) is 0 Å². The smallest absolute Gasteiger partial charge is 0.229 e. The standard InChI is InChI=1S/C19H23N3O3/c1-24-17-6-5-14-10-15(13-25-18(14)11-17)19(23)22-9-2-4-16(22)12-21-8-3-7-20-21/h3,5-8,11,15-16H,2,4,9-10,12-13H2,1H3/t15-,16-/m1/s1. The molecule has 25 heavy (non-hydrogen) atoms. The Kier molecular flexibility index (Phi) is 4.34. The van der Waals surface area contributed by atoms with E-state index in [1.54, 1.807) is 13.3 Å². The van der Waals surface area contributed by atoms with E-state index in [9.17, 15) is 4.79 Å². The molecule has 2 aliphatic rings. The van der Waals surface area contributed by atoms with Crippen molar-refractivity contribution in [1.29, 1.82) is 0 Å². The molecule has 1 aromatic heterocycles. The molecule has 2 aliphatic heterocycles. The Morgan fingerprint density at radius 1 is 1.44 bits per heavy atom. The van der Waals surface area contributed by atoms with Crippen molar-refractivity contribution in [1.82, 2.24) is 14.7 Å². The topological polar surface area (TPSA) is 56.6 Å². The fourth-order valence-corrected chi connectivity index (χ4v) is 3.81. The van der Waals surface area contributed by atoms with Gasteiger partial charge in [0.2, 0.25) is 5.91 Å². The van der Waals surface area contributed by atoms with Gasteiger partial charge in [-0.3, -0.25) is 9.48 Å². The molecule has 3 heterocycles. The fourth-order valence-electron chi connectivity index (χ4n) is 3.81. The van der Waals surface area contributed by atoms with Gasteiger partial charge < -0.3 is 14.4 Å². The number of hydrogen-bond donors (Lipinski definition) is 0. The number of ether oxygens (including phenoxy) is 2. The molecule has 1 fully saturated rings. The summed E-state index contributed by atoms with van der Waals surface area (Å²) in [6.45, 7) is 2.03. The lowest BCUT2D eigenvalue weighted by Gasteiger charge is -2.31. The van der Waals surface area contributed by atoms with E-state index in [2.05, 4.69) is 5.10 Å². The molecule has 0 N–H and O–H groups in total. The SMILES string of the molecule is COc1ccc2c(c1)OC[C@H](C(=O)N1CCC[C@@H]1Cn1cccn1)C2. The van der Waals surface area contributed by atoms with Crippen LogP contribution in [-0.2, 0) is 17.8 Å². The van der Waals surface area contributed by atoms with Crippen LogP contribution in [0.4, 0.5) is 0 Å². The molecule has 0 bridgehead atoms. The maximum atomic E-state index is 13.1. The van der Waals surface area contributed by atoms with Crippen molar-refractivity contribution in [2.45, 2.75) is 31.8 Å². The largest absolute Gasteiger partial charge is 0.497 e. The van der Waals surface area contributed by atoms with Crippen LogP contribution in [-0.4, -0.2) is 46.9 Å². The second-order valence-electron chi connectivity index (χ2n) is 6.74. The van der Waals surface area contributed by atoms with Crippen molar-refractivity contribution in [3.05, 3.63) is 42.2 Å². The highest BCUT2D eigenvalue weighted by molar-refractivity contribution is 5.80. The van der Waals surface area contributed by atoms with Crippen LogP contribution in [0.3, 0.4) is 0 Å². The third-order valence-corrected chi connectivity index (χ3v) is 5.15. The van der Waals surface area contributed by atoms with Gasteiger partial charge >= 0.3 is 0 Å². The quantitative estimate of drug-likeness (QED) is 0.855. The van der Waals surface area contributed by atoms with Gasteiger partial charge in [-0.1, -0.05) is 6.07 Å². The minimum absolute atomic E-state index is 0.112. The highest BCUT2D eigenvalue weighted by Crippen LogP contribution is 2.32. The highest BCUT2D eigenvalue weighted by atomic mass is 16.5. The summed E-state index contributed by atoms with van der Waals surface area (Å²) in [7, 11) is 1.64. The zero-order valence-electron chi connectivity index (χ0n) is 14.4. The zero-order chi connectivity index (χ0) is 17.2. The molecule has 1 aromatic carbocycles. The lowest BCUT2D eigenvalue weighted by Crippen LogP contribution is -2.44. The molecule has 1 saturated heterocycles. The number of fused-ring (bicyclic) bond motifs is 1. The van der Waals surface area contributed by atoms with Crippen LogP contribution in [0.25, 0.3) is 0 Å². The molecule has 0 spiro atoms. The van der Waals surface area contributed by atoms with Crippen LogP contribution < -0.4 is 9.47 Å². The average molecular weight is 341 g/mol. The molecular formula is C19H23N3O3. The summed E-state index contributed by atoms with van der Waals surface area (Å²) < 4.78 is 13.0. The monoisotopic (exact) mass is 341 g/mol. The Bertz CT molecular complexity index is 744. The maximum absolute atomic E-state index is 13.1. The Balaban J connectivity index is 1.45. The molecule has 2 atom stereocenters. The summed E-state index contributed by atoms with van der Waals surface area (Å²) >= 11 is 0. The van der Waals surface area contributed by atoms with Crippen molar-refractivity contribution in [3.63, 3.8) is 0 Å². The third-order valence-electron chi connectivity index (χ3n) is 5.15. The molecule has 1 amide bonds. The first-order valence-electron chi connectivity index (χ1n) is 8.82. The van der Waals surface area contributed by atoms with E-state index >= 15 is 0 Å². The normalized spacial score (nSPS) is 22.4. The summed E-state index contributed by atoms with van der Waals surface area (Å²) in [5.74, 6) is 1.70. The number of amides is 1. The van der Waals surface area contributed by atoms with Gasteiger partial charge in [0.05, 0.1) is 25.6 Å². The highest BCUT2D eigenvalue weighted by Gasteiger charge is 2.35. The number of nitrogens with zero attached hydrogens (tertiary/aromatic N) is 3. The molecule has 6 nitrogen and oxygen atoms in total. The first-order valence-corrected chi connectivity index (χ1v) is 8.82. The van der Waals surface area contributed by atoms with Gasteiger partial charge in [0.1, 0.15) is 18.1 Å².